The number of nitrogens with zero attached hydrogens (tertiary/aromatic N) is 1. The number of nitrogens with one attached hydrogen (secondary N) is 1. The van der Waals surface area contributed by atoms with E-state index in [1.807, 2.05) is 0 Å². The lowest BCUT2D eigenvalue weighted by atomic mass is 10.1. The fourth-order valence-corrected chi connectivity index (χ4v) is 2.99. The summed E-state index contributed by atoms with van der Waals surface area (Å²) in [5.74, 6) is 0.0115. The van der Waals surface area contributed by atoms with Gasteiger partial charge in [0.05, 0.1) is 6.54 Å². The first-order valence-electron chi connectivity index (χ1n) is 4.87. The summed E-state index contributed by atoms with van der Waals surface area (Å²) in [7, 11) is -3.39. The predicted molar refractivity (Wildman–Crippen MR) is 50.9 cm³/mol. The average molecular weight is 218 g/mol. The minimum Gasteiger partial charge on any atom is -0.298 e. The molecule has 80 valence electrons. The van der Waals surface area contributed by atoms with Crippen LogP contribution in [0.25, 0.3) is 0 Å². The Bertz CT molecular complexity index is 334. The van der Waals surface area contributed by atoms with E-state index in [0.29, 0.717) is 19.4 Å². The molecule has 1 aliphatic carbocycles. The second-order valence-electron chi connectivity index (χ2n) is 3.87. The summed E-state index contributed by atoms with van der Waals surface area (Å²) in [6.07, 6.45) is 2.99. The number of hydrogen-bond donors (Lipinski definition) is 1. The molecule has 0 unspecified atom stereocenters. The number of carbonyl (C=O) groups excluding carboxylic acids is 1. The molecule has 0 bridgehead atoms. The third-order valence-electron chi connectivity index (χ3n) is 2.45. The van der Waals surface area contributed by atoms with Crippen molar-refractivity contribution in [3.63, 3.8) is 0 Å². The van der Waals surface area contributed by atoms with Crippen LogP contribution >= 0.6 is 0 Å². The summed E-state index contributed by atoms with van der Waals surface area (Å²) >= 11 is 0. The molecule has 14 heavy (non-hydrogen) atoms. The Balaban J connectivity index is 2.00. The third-order valence-corrected chi connectivity index (χ3v) is 4.07. The van der Waals surface area contributed by atoms with Gasteiger partial charge in [-0.05, 0) is 19.3 Å². The van der Waals surface area contributed by atoms with Gasteiger partial charge in [-0.15, -0.1) is 0 Å². The van der Waals surface area contributed by atoms with Crippen molar-refractivity contribution in [2.24, 2.45) is 0 Å². The van der Waals surface area contributed by atoms with Crippen LogP contribution in [0.5, 0.6) is 0 Å². The van der Waals surface area contributed by atoms with Crippen molar-refractivity contribution in [3.8, 4) is 0 Å². The normalized spacial score (nSPS) is 25.3. The van der Waals surface area contributed by atoms with Crippen molar-refractivity contribution in [1.29, 1.82) is 0 Å². The maximum Gasteiger partial charge on any atom is 0.280 e. The molecule has 1 aliphatic heterocycles. The fourth-order valence-electron chi connectivity index (χ4n) is 1.50. The van der Waals surface area contributed by atoms with Gasteiger partial charge in [-0.2, -0.15) is 17.4 Å². The molecule has 2 rings (SSSR count). The number of Topliss-reactive ketones (excluding diaryl/α,β-unsaturated/α-hetero) is 1. The Labute approximate surface area is 83.6 Å². The predicted octanol–water partition coefficient (Wildman–Crippen LogP) is -0.352. The van der Waals surface area contributed by atoms with Gasteiger partial charge in [0, 0.05) is 19.0 Å². The molecule has 5 nitrogen and oxygen atoms in total. The zero-order chi connectivity index (χ0) is 10.2. The topological polar surface area (TPSA) is 66.5 Å². The molecule has 0 spiro atoms. The number of rotatable bonds is 3. The van der Waals surface area contributed by atoms with E-state index in [4.69, 9.17) is 0 Å². The summed E-state index contributed by atoms with van der Waals surface area (Å²) in [6, 6.07) is 0.108. The van der Waals surface area contributed by atoms with E-state index in [2.05, 4.69) is 4.72 Å². The molecule has 1 saturated heterocycles. The molecule has 1 heterocycles. The highest BCUT2D eigenvalue weighted by Gasteiger charge is 2.33. The SMILES string of the molecule is O=C1CCCN(S(=O)(=O)NC2CC2)C1. The van der Waals surface area contributed by atoms with Gasteiger partial charge >= 0.3 is 0 Å². The van der Waals surface area contributed by atoms with E-state index in [-0.39, 0.29) is 18.4 Å². The molecule has 0 radical (unpaired) electrons. The number of carbonyl (C=O) groups is 1. The molecule has 0 aromatic carbocycles. The largest absolute Gasteiger partial charge is 0.298 e. The summed E-state index contributed by atoms with van der Waals surface area (Å²) in [4.78, 5) is 11.1. The van der Waals surface area contributed by atoms with Gasteiger partial charge in [-0.1, -0.05) is 0 Å². The van der Waals surface area contributed by atoms with Gasteiger partial charge in [0.2, 0.25) is 0 Å². The minimum atomic E-state index is -3.39. The molecule has 1 N–H and O–H groups in total. The lowest BCUT2D eigenvalue weighted by Gasteiger charge is -2.24. The van der Waals surface area contributed by atoms with Crippen LogP contribution in [0.2, 0.25) is 0 Å². The Morgan fingerprint density at radius 1 is 1.36 bits per heavy atom. The van der Waals surface area contributed by atoms with Crippen LogP contribution in [-0.2, 0) is 15.0 Å². The van der Waals surface area contributed by atoms with Crippen LogP contribution < -0.4 is 4.72 Å². The van der Waals surface area contributed by atoms with E-state index in [9.17, 15) is 13.2 Å². The Morgan fingerprint density at radius 2 is 2.07 bits per heavy atom. The maximum atomic E-state index is 11.6. The summed E-state index contributed by atoms with van der Waals surface area (Å²) < 4.78 is 27.1. The molecule has 6 heteroatoms. The zero-order valence-corrected chi connectivity index (χ0v) is 8.72. The molecule has 1 saturated carbocycles. The molecule has 2 fully saturated rings. The van der Waals surface area contributed by atoms with E-state index in [1.165, 1.54) is 4.31 Å². The second-order valence-corrected chi connectivity index (χ2v) is 5.58. The van der Waals surface area contributed by atoms with Crippen molar-refractivity contribution >= 4 is 16.0 Å². The van der Waals surface area contributed by atoms with E-state index in [0.717, 1.165) is 12.8 Å². The van der Waals surface area contributed by atoms with E-state index < -0.39 is 10.2 Å². The maximum absolute atomic E-state index is 11.6. The number of piperidine rings is 1. The monoisotopic (exact) mass is 218 g/mol. The van der Waals surface area contributed by atoms with Crippen molar-refractivity contribution in [1.82, 2.24) is 9.03 Å². The summed E-state index contributed by atoms with van der Waals surface area (Å²) in [6.45, 7) is 0.510. The van der Waals surface area contributed by atoms with Crippen molar-refractivity contribution in [2.45, 2.75) is 31.7 Å². The number of ketones is 1. The van der Waals surface area contributed by atoms with Crippen LogP contribution in [-0.4, -0.2) is 37.6 Å². The third kappa shape index (κ3) is 2.31. The van der Waals surface area contributed by atoms with Gasteiger partial charge < -0.3 is 0 Å². The van der Waals surface area contributed by atoms with Crippen LogP contribution in [0.15, 0.2) is 0 Å². The van der Waals surface area contributed by atoms with Gasteiger partial charge in [0.1, 0.15) is 5.78 Å². The summed E-state index contributed by atoms with van der Waals surface area (Å²) in [5, 5.41) is 0. The fraction of sp³-hybridized carbons (Fsp3) is 0.875. The molecule has 0 amide bonds. The molecule has 2 aliphatic rings. The molecule has 0 atom stereocenters. The minimum absolute atomic E-state index is 0.0115. The Kier molecular flexibility index (Phi) is 2.59. The van der Waals surface area contributed by atoms with Gasteiger partial charge in [-0.3, -0.25) is 4.79 Å². The van der Waals surface area contributed by atoms with Crippen molar-refractivity contribution in [2.75, 3.05) is 13.1 Å². The van der Waals surface area contributed by atoms with Crippen LogP contribution in [0.4, 0.5) is 0 Å². The standard InChI is InChI=1S/C8H14N2O3S/c11-8-2-1-5-10(6-8)14(12,13)9-7-3-4-7/h7,9H,1-6H2. The lowest BCUT2D eigenvalue weighted by molar-refractivity contribution is -0.120. The molecular formula is C8H14N2O3S. The first-order valence-corrected chi connectivity index (χ1v) is 6.31. The van der Waals surface area contributed by atoms with Gasteiger partial charge in [0.15, 0.2) is 0 Å². The Hall–Kier alpha value is -0.460. The van der Waals surface area contributed by atoms with Gasteiger partial charge in [0.25, 0.3) is 10.2 Å². The van der Waals surface area contributed by atoms with Crippen LogP contribution in [0.3, 0.4) is 0 Å². The molecule has 0 aromatic rings. The van der Waals surface area contributed by atoms with Crippen LogP contribution in [0, 0.1) is 0 Å². The van der Waals surface area contributed by atoms with E-state index >= 15 is 0 Å². The molecular weight excluding hydrogens is 204 g/mol. The highest BCUT2D eigenvalue weighted by molar-refractivity contribution is 7.87. The Morgan fingerprint density at radius 3 is 2.64 bits per heavy atom. The average Bonchev–Trinajstić information content (AvgIpc) is 2.87. The van der Waals surface area contributed by atoms with Crippen LogP contribution in [0.1, 0.15) is 25.7 Å². The van der Waals surface area contributed by atoms with Crippen molar-refractivity contribution in [3.05, 3.63) is 0 Å². The lowest BCUT2D eigenvalue weighted by Crippen LogP contribution is -2.46. The highest BCUT2D eigenvalue weighted by atomic mass is 32.2. The zero-order valence-electron chi connectivity index (χ0n) is 7.90. The first-order chi connectivity index (χ1) is 6.58. The van der Waals surface area contributed by atoms with E-state index in [1.54, 1.807) is 0 Å². The second kappa shape index (κ2) is 3.60. The quantitative estimate of drug-likeness (QED) is 0.704. The van der Waals surface area contributed by atoms with Gasteiger partial charge in [-0.25, -0.2) is 0 Å². The van der Waals surface area contributed by atoms with Crippen molar-refractivity contribution < 1.29 is 13.2 Å². The smallest absolute Gasteiger partial charge is 0.280 e. The highest BCUT2D eigenvalue weighted by Crippen LogP contribution is 2.21. The number of hydrogen-bond acceptors (Lipinski definition) is 3. The summed E-state index contributed by atoms with van der Waals surface area (Å²) in [5.41, 5.74) is 0. The first kappa shape index (κ1) is 10.1. The molecule has 0 aromatic heterocycles.